The standard InChI is InChI=1S/C32H35F2N3O8/c1-15(2)10-23(36-29(41)45-30(4,5)6)27(39)44-17-8-9-22-18(11-17)16(3)19-13-37-24(25(19)35-22)12-21-20(26(37)38)14-43-28(40)32(33,34)31(21,7)42/h8-9,11-12,15,23,42H,10,13-14H2,1-7H3,(H,36,41)/t23-,31?/m0/s1. The number of aryl methyl sites for hydroxylation is 1. The molecule has 240 valence electrons. The summed E-state index contributed by atoms with van der Waals surface area (Å²) < 4.78 is 46.6. The minimum Gasteiger partial charge on any atom is -0.456 e. The van der Waals surface area contributed by atoms with Crippen LogP contribution in [-0.2, 0) is 37.8 Å². The molecule has 0 saturated carbocycles. The number of halogens is 2. The highest BCUT2D eigenvalue weighted by Gasteiger charge is 2.60. The van der Waals surface area contributed by atoms with Crippen molar-refractivity contribution < 1.29 is 42.5 Å². The molecule has 2 atom stereocenters. The first-order chi connectivity index (χ1) is 20.8. The Labute approximate surface area is 257 Å². The molecular formula is C32H35F2N3O8. The van der Waals surface area contributed by atoms with Gasteiger partial charge >= 0.3 is 24.0 Å². The molecule has 4 heterocycles. The second-order valence-electron chi connectivity index (χ2n) is 13.0. The molecule has 11 nitrogen and oxygen atoms in total. The average Bonchev–Trinajstić information content (AvgIpc) is 3.27. The number of aromatic nitrogens is 2. The van der Waals surface area contributed by atoms with Crippen LogP contribution >= 0.6 is 0 Å². The summed E-state index contributed by atoms with van der Waals surface area (Å²) in [7, 11) is 0. The van der Waals surface area contributed by atoms with Gasteiger partial charge in [0, 0.05) is 16.5 Å². The van der Waals surface area contributed by atoms with E-state index in [0.29, 0.717) is 34.1 Å². The third-order valence-corrected chi connectivity index (χ3v) is 7.94. The van der Waals surface area contributed by atoms with Crippen molar-refractivity contribution in [2.24, 2.45) is 5.92 Å². The van der Waals surface area contributed by atoms with Crippen molar-refractivity contribution in [2.45, 2.75) is 91.2 Å². The molecule has 0 fully saturated rings. The van der Waals surface area contributed by atoms with Gasteiger partial charge in [0.05, 0.1) is 29.0 Å². The van der Waals surface area contributed by atoms with Gasteiger partial charge in [0.2, 0.25) is 0 Å². The van der Waals surface area contributed by atoms with E-state index in [9.17, 15) is 33.1 Å². The second-order valence-corrected chi connectivity index (χ2v) is 13.0. The van der Waals surface area contributed by atoms with Crippen LogP contribution in [0.4, 0.5) is 13.6 Å². The first-order valence-corrected chi connectivity index (χ1v) is 14.5. The van der Waals surface area contributed by atoms with Crippen LogP contribution in [0.3, 0.4) is 0 Å². The highest BCUT2D eigenvalue weighted by atomic mass is 19.3. The number of nitrogens with one attached hydrogen (secondary N) is 1. The van der Waals surface area contributed by atoms with E-state index in [-0.39, 0.29) is 29.5 Å². The topological polar surface area (TPSA) is 146 Å². The minimum absolute atomic E-state index is 0.0539. The molecule has 1 unspecified atom stereocenters. The molecule has 0 spiro atoms. The van der Waals surface area contributed by atoms with Gasteiger partial charge in [-0.2, -0.15) is 8.78 Å². The van der Waals surface area contributed by atoms with Crippen LogP contribution in [0.25, 0.3) is 22.3 Å². The number of alkyl carbamates (subject to hydrolysis) is 1. The van der Waals surface area contributed by atoms with Crippen LogP contribution in [-0.4, -0.2) is 50.3 Å². The lowest BCUT2D eigenvalue weighted by Gasteiger charge is -2.29. The highest BCUT2D eigenvalue weighted by molar-refractivity contribution is 5.90. The Kier molecular flexibility index (Phi) is 7.75. The van der Waals surface area contributed by atoms with Gasteiger partial charge in [-0.25, -0.2) is 19.4 Å². The van der Waals surface area contributed by atoms with E-state index in [0.717, 1.165) is 6.92 Å². The third kappa shape index (κ3) is 5.65. The maximum absolute atomic E-state index is 14.8. The summed E-state index contributed by atoms with van der Waals surface area (Å²) in [6, 6.07) is 5.08. The molecule has 0 saturated heterocycles. The molecule has 2 aliphatic heterocycles. The number of rotatable bonds is 5. The number of esters is 2. The highest BCUT2D eigenvalue weighted by Crippen LogP contribution is 2.44. The van der Waals surface area contributed by atoms with Crippen LogP contribution in [0.5, 0.6) is 5.75 Å². The molecule has 0 radical (unpaired) electrons. The molecule has 2 N–H and O–H groups in total. The molecule has 2 aromatic heterocycles. The predicted octanol–water partition coefficient (Wildman–Crippen LogP) is 4.48. The Morgan fingerprint density at radius 2 is 1.87 bits per heavy atom. The van der Waals surface area contributed by atoms with E-state index >= 15 is 0 Å². The van der Waals surface area contributed by atoms with Crippen LogP contribution in [0.15, 0.2) is 29.1 Å². The first-order valence-electron chi connectivity index (χ1n) is 14.5. The quantitative estimate of drug-likeness (QED) is 0.242. The smallest absolute Gasteiger partial charge is 0.408 e. The van der Waals surface area contributed by atoms with E-state index < -0.39 is 58.9 Å². The maximum Gasteiger partial charge on any atom is 0.408 e. The van der Waals surface area contributed by atoms with Gasteiger partial charge in [0.15, 0.2) is 5.60 Å². The van der Waals surface area contributed by atoms with Crippen LogP contribution in [0, 0.1) is 12.8 Å². The molecule has 1 aromatic carbocycles. The number of aliphatic hydroxyl groups is 1. The van der Waals surface area contributed by atoms with Gasteiger partial charge in [-0.1, -0.05) is 13.8 Å². The zero-order valence-corrected chi connectivity index (χ0v) is 26.0. The predicted molar refractivity (Wildman–Crippen MR) is 158 cm³/mol. The number of hydrogen-bond donors (Lipinski definition) is 2. The zero-order valence-electron chi connectivity index (χ0n) is 26.0. The van der Waals surface area contributed by atoms with Crippen molar-refractivity contribution in [1.82, 2.24) is 14.9 Å². The first kappa shape index (κ1) is 32.0. The summed E-state index contributed by atoms with van der Waals surface area (Å²) in [5.41, 5.74) is -2.68. The van der Waals surface area contributed by atoms with Crippen molar-refractivity contribution in [1.29, 1.82) is 0 Å². The summed E-state index contributed by atoms with van der Waals surface area (Å²) in [5.74, 6) is -6.61. The lowest BCUT2D eigenvalue weighted by molar-refractivity contribution is -0.210. The normalized spacial score (nSPS) is 19.2. The van der Waals surface area contributed by atoms with E-state index in [1.54, 1.807) is 39.8 Å². The number of ether oxygens (including phenoxy) is 3. The van der Waals surface area contributed by atoms with Gasteiger partial charge in [-0.05, 0) is 76.8 Å². The maximum atomic E-state index is 14.8. The van der Waals surface area contributed by atoms with E-state index in [2.05, 4.69) is 10.1 Å². The summed E-state index contributed by atoms with van der Waals surface area (Å²) in [4.78, 5) is 55.7. The van der Waals surface area contributed by atoms with E-state index in [1.165, 1.54) is 16.7 Å². The van der Waals surface area contributed by atoms with Crippen molar-refractivity contribution in [3.63, 3.8) is 0 Å². The molecule has 2 aliphatic rings. The Morgan fingerprint density at radius 3 is 2.51 bits per heavy atom. The number of alkyl halides is 2. The Morgan fingerprint density at radius 1 is 1.18 bits per heavy atom. The summed E-state index contributed by atoms with van der Waals surface area (Å²) >= 11 is 0. The van der Waals surface area contributed by atoms with Crippen LogP contribution < -0.4 is 15.6 Å². The molecule has 0 bridgehead atoms. The molecule has 5 rings (SSSR count). The number of hydrogen-bond acceptors (Lipinski definition) is 9. The Hall–Kier alpha value is -4.39. The molecule has 45 heavy (non-hydrogen) atoms. The van der Waals surface area contributed by atoms with Crippen LogP contribution in [0.2, 0.25) is 0 Å². The summed E-state index contributed by atoms with van der Waals surface area (Å²) in [5, 5.41) is 14.0. The lowest BCUT2D eigenvalue weighted by Crippen LogP contribution is -2.49. The van der Waals surface area contributed by atoms with E-state index in [1.807, 2.05) is 13.8 Å². The number of fused-ring (bicyclic) bond motifs is 5. The molecular weight excluding hydrogens is 592 g/mol. The van der Waals surface area contributed by atoms with Gasteiger partial charge in [0.1, 0.15) is 24.0 Å². The third-order valence-electron chi connectivity index (χ3n) is 7.94. The van der Waals surface area contributed by atoms with Crippen molar-refractivity contribution in [3.05, 3.63) is 56.9 Å². The molecule has 3 aromatic rings. The fourth-order valence-electron chi connectivity index (χ4n) is 5.60. The number of benzene rings is 1. The average molecular weight is 628 g/mol. The number of pyridine rings is 2. The zero-order chi connectivity index (χ0) is 33.2. The van der Waals surface area contributed by atoms with Crippen LogP contribution in [0.1, 0.15) is 70.2 Å². The SMILES string of the molecule is Cc1c2c(nc3ccc(OC(=O)[C@H](CC(C)C)NC(=O)OC(C)(C)C)cc13)-c1cc3c(c(=O)n1C2)COC(=O)C(F)(F)C3(C)O. The molecule has 0 aliphatic carbocycles. The Bertz CT molecular complexity index is 1810. The number of carbonyl (C=O) groups is 3. The van der Waals surface area contributed by atoms with Crippen molar-refractivity contribution in [2.75, 3.05) is 0 Å². The summed E-state index contributed by atoms with van der Waals surface area (Å²) in [6.07, 6.45) is -0.427. The number of cyclic esters (lactones) is 1. The molecule has 1 amide bonds. The number of nitrogens with zero attached hydrogens (tertiary/aromatic N) is 2. The monoisotopic (exact) mass is 627 g/mol. The summed E-state index contributed by atoms with van der Waals surface area (Å²) in [6.45, 7) is 10.9. The lowest BCUT2D eigenvalue weighted by atomic mass is 9.86. The largest absolute Gasteiger partial charge is 0.456 e. The Balaban J connectivity index is 1.49. The molecule has 13 heteroatoms. The van der Waals surface area contributed by atoms with Gasteiger partial charge < -0.3 is 29.2 Å². The second kappa shape index (κ2) is 10.9. The van der Waals surface area contributed by atoms with Gasteiger partial charge in [-0.3, -0.25) is 4.79 Å². The fourth-order valence-corrected chi connectivity index (χ4v) is 5.60. The van der Waals surface area contributed by atoms with E-state index in [4.69, 9.17) is 14.5 Å². The minimum atomic E-state index is -4.29. The van der Waals surface area contributed by atoms with Crippen molar-refractivity contribution >= 4 is 28.9 Å². The van der Waals surface area contributed by atoms with Gasteiger partial charge in [0.25, 0.3) is 5.56 Å². The fraction of sp³-hybridized carbons (Fsp3) is 0.469. The van der Waals surface area contributed by atoms with Gasteiger partial charge in [-0.15, -0.1) is 0 Å². The van der Waals surface area contributed by atoms with Crippen molar-refractivity contribution in [3.8, 4) is 17.1 Å². The number of amides is 1. The number of carbonyl (C=O) groups excluding carboxylic acids is 3.